The van der Waals surface area contributed by atoms with Crippen LogP contribution in [-0.2, 0) is 19.3 Å². The summed E-state index contributed by atoms with van der Waals surface area (Å²) < 4.78 is 38.6. The van der Waals surface area contributed by atoms with Gasteiger partial charge in [0.2, 0.25) is 0 Å². The first-order chi connectivity index (χ1) is 9.88. The van der Waals surface area contributed by atoms with Crippen LogP contribution >= 0.6 is 11.6 Å². The van der Waals surface area contributed by atoms with Crippen LogP contribution in [0.2, 0.25) is 5.02 Å². The highest BCUT2D eigenvalue weighted by Gasteiger charge is 2.32. The topological polar surface area (TPSA) is 12.0 Å². The molecule has 0 unspecified atom stereocenters. The fourth-order valence-corrected chi connectivity index (χ4v) is 2.37. The molecule has 1 nitrogen and oxygen atoms in total. The van der Waals surface area contributed by atoms with Gasteiger partial charge in [-0.3, -0.25) is 0 Å². The number of alkyl halides is 3. The number of benzene rings is 2. The smallest absolute Gasteiger partial charge is 0.309 e. The molecule has 0 aliphatic carbocycles. The first-order valence-electron chi connectivity index (χ1n) is 6.49. The summed E-state index contributed by atoms with van der Waals surface area (Å²) in [4.78, 5) is 0. The van der Waals surface area contributed by atoms with Crippen LogP contribution in [0.4, 0.5) is 13.2 Å². The van der Waals surface area contributed by atoms with E-state index in [9.17, 15) is 13.2 Å². The molecule has 0 aliphatic heterocycles. The largest absolute Gasteiger partial charge is 0.416 e. The summed E-state index contributed by atoms with van der Waals surface area (Å²) in [6.45, 7) is 2.58. The molecular weight excluding hydrogens is 299 g/mol. The molecule has 2 aromatic carbocycles. The van der Waals surface area contributed by atoms with Crippen molar-refractivity contribution in [3.63, 3.8) is 0 Å². The molecule has 5 heteroatoms. The van der Waals surface area contributed by atoms with Gasteiger partial charge in [-0.25, -0.2) is 0 Å². The molecule has 1 N–H and O–H groups in total. The predicted molar refractivity (Wildman–Crippen MR) is 78.2 cm³/mol. The normalized spacial score (nSPS) is 11.7. The summed E-state index contributed by atoms with van der Waals surface area (Å²) in [5, 5.41) is 3.70. The molecule has 0 aliphatic rings. The Morgan fingerprint density at radius 3 is 2.33 bits per heavy atom. The van der Waals surface area contributed by atoms with Gasteiger partial charge in [-0.15, -0.1) is 0 Å². The minimum Gasteiger partial charge on any atom is -0.309 e. The number of nitrogens with one attached hydrogen (secondary N) is 1. The third kappa shape index (κ3) is 4.22. The molecule has 0 saturated carbocycles. The van der Waals surface area contributed by atoms with E-state index in [0.29, 0.717) is 11.6 Å². The maximum absolute atomic E-state index is 12.9. The third-order valence-corrected chi connectivity index (χ3v) is 3.49. The van der Waals surface area contributed by atoms with Crippen LogP contribution in [0.25, 0.3) is 0 Å². The zero-order valence-electron chi connectivity index (χ0n) is 11.5. The molecule has 2 rings (SSSR count). The van der Waals surface area contributed by atoms with E-state index in [1.165, 1.54) is 12.1 Å². The summed E-state index contributed by atoms with van der Waals surface area (Å²) in [6.07, 6.45) is -4.32. The molecular formula is C16H15ClF3N. The van der Waals surface area contributed by atoms with E-state index < -0.39 is 11.7 Å². The van der Waals surface area contributed by atoms with E-state index in [1.807, 2.05) is 19.1 Å². The van der Waals surface area contributed by atoms with Crippen molar-refractivity contribution in [2.24, 2.45) is 0 Å². The van der Waals surface area contributed by atoms with Crippen LogP contribution in [0.15, 0.2) is 42.5 Å². The quantitative estimate of drug-likeness (QED) is 0.841. The number of halogens is 4. The summed E-state index contributed by atoms with van der Waals surface area (Å²) in [5.41, 5.74) is 1.69. The van der Waals surface area contributed by atoms with Gasteiger partial charge in [-0.2, -0.15) is 13.2 Å². The van der Waals surface area contributed by atoms with Crippen LogP contribution < -0.4 is 5.32 Å². The van der Waals surface area contributed by atoms with Crippen molar-refractivity contribution in [2.75, 3.05) is 0 Å². The monoisotopic (exact) mass is 313 g/mol. The summed E-state index contributed by atoms with van der Waals surface area (Å²) in [6, 6.07) is 11.1. The van der Waals surface area contributed by atoms with E-state index >= 15 is 0 Å². The van der Waals surface area contributed by atoms with Crippen molar-refractivity contribution in [1.29, 1.82) is 0 Å². The summed E-state index contributed by atoms with van der Waals surface area (Å²) >= 11 is 5.87. The lowest BCUT2D eigenvalue weighted by Crippen LogP contribution is -2.17. The van der Waals surface area contributed by atoms with Gasteiger partial charge in [0.15, 0.2) is 0 Å². The molecule has 0 atom stereocenters. The van der Waals surface area contributed by atoms with Crippen molar-refractivity contribution in [2.45, 2.75) is 26.2 Å². The third-order valence-electron chi connectivity index (χ3n) is 3.26. The number of hydrogen-bond acceptors (Lipinski definition) is 1. The van der Waals surface area contributed by atoms with E-state index in [4.69, 9.17) is 11.6 Å². The summed E-state index contributed by atoms with van der Waals surface area (Å²) in [5.74, 6) is 0. The standard InChI is InChI=1S/C16H15ClF3N/c1-11-8-14(17)7-6-12(11)9-21-10-13-4-2-3-5-15(13)16(18,19)20/h2-8,21H,9-10H2,1H3. The van der Waals surface area contributed by atoms with Crippen molar-refractivity contribution in [1.82, 2.24) is 5.32 Å². The number of rotatable bonds is 4. The Morgan fingerprint density at radius 1 is 1.00 bits per heavy atom. The maximum Gasteiger partial charge on any atom is 0.416 e. The lowest BCUT2D eigenvalue weighted by atomic mass is 10.1. The average molecular weight is 314 g/mol. The molecule has 0 heterocycles. The lowest BCUT2D eigenvalue weighted by Gasteiger charge is -2.14. The van der Waals surface area contributed by atoms with Crippen LogP contribution in [0.3, 0.4) is 0 Å². The van der Waals surface area contributed by atoms with E-state index in [-0.39, 0.29) is 12.1 Å². The Labute approximate surface area is 126 Å². The Kier molecular flexibility index (Phi) is 4.91. The first-order valence-corrected chi connectivity index (χ1v) is 6.86. The minimum atomic E-state index is -4.32. The second-order valence-electron chi connectivity index (χ2n) is 4.83. The van der Waals surface area contributed by atoms with Crippen LogP contribution in [0, 0.1) is 6.92 Å². The van der Waals surface area contributed by atoms with E-state index in [2.05, 4.69) is 5.32 Å². The zero-order valence-corrected chi connectivity index (χ0v) is 12.2. The SMILES string of the molecule is Cc1cc(Cl)ccc1CNCc1ccccc1C(F)(F)F. The fraction of sp³-hybridized carbons (Fsp3) is 0.250. The Balaban J connectivity index is 2.04. The molecule has 2 aromatic rings. The van der Waals surface area contributed by atoms with Gasteiger partial charge in [-0.05, 0) is 41.8 Å². The molecule has 0 fully saturated rings. The highest BCUT2D eigenvalue weighted by molar-refractivity contribution is 6.30. The number of aryl methyl sites for hydroxylation is 1. The van der Waals surface area contributed by atoms with Crippen molar-refractivity contribution < 1.29 is 13.2 Å². The first kappa shape index (κ1) is 15.9. The Bertz CT molecular complexity index is 623. The van der Waals surface area contributed by atoms with Gasteiger partial charge >= 0.3 is 6.18 Å². The molecule has 0 radical (unpaired) electrons. The Morgan fingerprint density at radius 2 is 1.67 bits per heavy atom. The second-order valence-corrected chi connectivity index (χ2v) is 5.27. The van der Waals surface area contributed by atoms with Crippen molar-refractivity contribution >= 4 is 11.6 Å². The molecule has 0 amide bonds. The van der Waals surface area contributed by atoms with Gasteiger partial charge in [0.1, 0.15) is 0 Å². The summed E-state index contributed by atoms with van der Waals surface area (Å²) in [7, 11) is 0. The van der Waals surface area contributed by atoms with Crippen molar-refractivity contribution in [3.05, 3.63) is 69.7 Å². The molecule has 0 spiro atoms. The zero-order chi connectivity index (χ0) is 15.5. The average Bonchev–Trinajstić information content (AvgIpc) is 2.41. The lowest BCUT2D eigenvalue weighted by molar-refractivity contribution is -0.138. The molecule has 0 bridgehead atoms. The molecule has 0 saturated heterocycles. The van der Waals surface area contributed by atoms with Crippen LogP contribution in [-0.4, -0.2) is 0 Å². The van der Waals surface area contributed by atoms with Crippen LogP contribution in [0.1, 0.15) is 22.3 Å². The van der Waals surface area contributed by atoms with Gasteiger partial charge < -0.3 is 5.32 Å². The molecule has 21 heavy (non-hydrogen) atoms. The predicted octanol–water partition coefficient (Wildman–Crippen LogP) is 4.96. The van der Waals surface area contributed by atoms with Crippen LogP contribution in [0.5, 0.6) is 0 Å². The maximum atomic E-state index is 12.9. The fourth-order valence-electron chi connectivity index (χ4n) is 2.14. The molecule has 0 aromatic heterocycles. The second kappa shape index (κ2) is 6.50. The minimum absolute atomic E-state index is 0.164. The van der Waals surface area contributed by atoms with E-state index in [0.717, 1.165) is 17.2 Å². The van der Waals surface area contributed by atoms with Gasteiger partial charge in [0.05, 0.1) is 5.56 Å². The van der Waals surface area contributed by atoms with Gasteiger partial charge in [-0.1, -0.05) is 35.9 Å². The van der Waals surface area contributed by atoms with Gasteiger partial charge in [0, 0.05) is 18.1 Å². The highest BCUT2D eigenvalue weighted by Crippen LogP contribution is 2.31. The Hall–Kier alpha value is -1.52. The van der Waals surface area contributed by atoms with Crippen molar-refractivity contribution in [3.8, 4) is 0 Å². The molecule has 112 valence electrons. The van der Waals surface area contributed by atoms with E-state index in [1.54, 1.807) is 12.1 Å². The van der Waals surface area contributed by atoms with Gasteiger partial charge in [0.25, 0.3) is 0 Å². The highest BCUT2D eigenvalue weighted by atomic mass is 35.5. The number of hydrogen-bond donors (Lipinski definition) is 1.